The Balaban J connectivity index is 0.000000606. The zero-order valence-corrected chi connectivity index (χ0v) is 10.1. The minimum atomic E-state index is -0.0845. The highest BCUT2D eigenvalue weighted by Crippen LogP contribution is 2.11. The maximum atomic E-state index is 11.7. The molecule has 2 rings (SSSR count). The Morgan fingerprint density at radius 2 is 1.88 bits per heavy atom. The molecule has 86 valence electrons. The fraction of sp³-hybridized carbons (Fsp3) is 0.333. The topological polar surface area (TPSA) is 38.1 Å². The van der Waals surface area contributed by atoms with Crippen LogP contribution in [0.15, 0.2) is 30.6 Å². The summed E-state index contributed by atoms with van der Waals surface area (Å²) in [7, 11) is 3.44. The molecule has 0 aliphatic rings. The van der Waals surface area contributed by atoms with Gasteiger partial charge in [0.15, 0.2) is 0 Å². The molecule has 0 spiro atoms. The van der Waals surface area contributed by atoms with Gasteiger partial charge in [-0.05, 0) is 12.1 Å². The van der Waals surface area contributed by atoms with E-state index in [0.717, 1.165) is 11.0 Å². The zero-order chi connectivity index (χ0) is 12.1. The Morgan fingerprint density at radius 3 is 2.50 bits per heavy atom. The average Bonchev–Trinajstić information content (AvgIpc) is 2.74. The maximum absolute atomic E-state index is 11.7. The summed E-state index contributed by atoms with van der Waals surface area (Å²) >= 11 is 0. The smallest absolute Gasteiger partial charge is 0.329 e. The molecule has 0 saturated carbocycles. The summed E-state index contributed by atoms with van der Waals surface area (Å²) in [6.07, 6.45) is 1.55. The SMILES string of the molecule is CC.CN(C)C(=O)n1cnc2ccccc21. The van der Waals surface area contributed by atoms with Crippen LogP contribution in [0.3, 0.4) is 0 Å². The van der Waals surface area contributed by atoms with Crippen molar-refractivity contribution in [3.8, 4) is 0 Å². The van der Waals surface area contributed by atoms with Crippen LogP contribution in [-0.2, 0) is 0 Å². The molecule has 1 amide bonds. The maximum Gasteiger partial charge on any atom is 0.329 e. The fourth-order valence-corrected chi connectivity index (χ4v) is 1.33. The Labute approximate surface area is 95.5 Å². The van der Waals surface area contributed by atoms with Gasteiger partial charge in [-0.25, -0.2) is 9.78 Å². The lowest BCUT2D eigenvalue weighted by molar-refractivity contribution is 0.220. The molecule has 16 heavy (non-hydrogen) atoms. The van der Waals surface area contributed by atoms with Crippen molar-refractivity contribution in [1.82, 2.24) is 14.5 Å². The van der Waals surface area contributed by atoms with Crippen LogP contribution in [0.25, 0.3) is 11.0 Å². The molecule has 1 aromatic carbocycles. The van der Waals surface area contributed by atoms with E-state index in [0.29, 0.717) is 0 Å². The first-order valence-electron chi connectivity index (χ1n) is 5.34. The van der Waals surface area contributed by atoms with Gasteiger partial charge >= 0.3 is 6.03 Å². The standard InChI is InChI=1S/C10H11N3O.C2H6/c1-12(2)10(14)13-7-11-8-5-3-4-6-9(8)13;1-2/h3-7H,1-2H3;1-2H3. The molecule has 1 heterocycles. The summed E-state index contributed by atoms with van der Waals surface area (Å²) in [5.41, 5.74) is 1.67. The number of para-hydroxylation sites is 2. The monoisotopic (exact) mass is 219 g/mol. The second kappa shape index (κ2) is 5.30. The highest BCUT2D eigenvalue weighted by molar-refractivity contribution is 5.88. The van der Waals surface area contributed by atoms with E-state index in [1.165, 1.54) is 9.47 Å². The number of nitrogens with zero attached hydrogens (tertiary/aromatic N) is 3. The molecular formula is C12H17N3O. The summed E-state index contributed by atoms with van der Waals surface area (Å²) < 4.78 is 1.54. The lowest BCUT2D eigenvalue weighted by atomic mass is 10.3. The van der Waals surface area contributed by atoms with Gasteiger partial charge < -0.3 is 4.90 Å². The van der Waals surface area contributed by atoms with Gasteiger partial charge in [0, 0.05) is 14.1 Å². The second-order valence-corrected chi connectivity index (χ2v) is 3.28. The van der Waals surface area contributed by atoms with Crippen LogP contribution in [0, 0.1) is 0 Å². The third kappa shape index (κ3) is 2.21. The van der Waals surface area contributed by atoms with Gasteiger partial charge in [0.2, 0.25) is 0 Å². The van der Waals surface area contributed by atoms with E-state index in [9.17, 15) is 4.79 Å². The van der Waals surface area contributed by atoms with Crippen LogP contribution < -0.4 is 0 Å². The lowest BCUT2D eigenvalue weighted by Crippen LogP contribution is -2.26. The Morgan fingerprint density at radius 1 is 1.25 bits per heavy atom. The van der Waals surface area contributed by atoms with Gasteiger partial charge in [0.25, 0.3) is 0 Å². The third-order valence-electron chi connectivity index (χ3n) is 2.04. The van der Waals surface area contributed by atoms with Crippen LogP contribution in [0.2, 0.25) is 0 Å². The van der Waals surface area contributed by atoms with Crippen LogP contribution in [0.1, 0.15) is 13.8 Å². The highest BCUT2D eigenvalue weighted by Gasteiger charge is 2.10. The molecule has 0 atom stereocenters. The van der Waals surface area contributed by atoms with Crippen molar-refractivity contribution in [2.24, 2.45) is 0 Å². The largest absolute Gasteiger partial charge is 0.330 e. The molecule has 0 aliphatic heterocycles. The summed E-state index contributed by atoms with van der Waals surface area (Å²) in [6, 6.07) is 7.47. The predicted octanol–water partition coefficient (Wildman–Crippen LogP) is 2.59. The fourth-order valence-electron chi connectivity index (χ4n) is 1.33. The Bertz CT molecular complexity index is 474. The Hall–Kier alpha value is -1.84. The molecule has 0 fully saturated rings. The van der Waals surface area contributed by atoms with Crippen LogP contribution in [-0.4, -0.2) is 34.6 Å². The number of imidazole rings is 1. The van der Waals surface area contributed by atoms with E-state index < -0.39 is 0 Å². The second-order valence-electron chi connectivity index (χ2n) is 3.28. The summed E-state index contributed by atoms with van der Waals surface area (Å²) in [6.45, 7) is 4.00. The number of hydrogen-bond donors (Lipinski definition) is 0. The minimum absolute atomic E-state index is 0.0845. The molecule has 0 N–H and O–H groups in total. The normalized spacial score (nSPS) is 9.50. The number of carbonyl (C=O) groups is 1. The summed E-state index contributed by atoms with van der Waals surface area (Å²) in [5.74, 6) is 0. The Kier molecular flexibility index (Phi) is 4.05. The molecule has 0 saturated heterocycles. The zero-order valence-electron chi connectivity index (χ0n) is 10.1. The van der Waals surface area contributed by atoms with Crippen molar-refractivity contribution >= 4 is 17.1 Å². The van der Waals surface area contributed by atoms with Crippen molar-refractivity contribution < 1.29 is 4.79 Å². The van der Waals surface area contributed by atoms with Crippen LogP contribution in [0.5, 0.6) is 0 Å². The number of carbonyl (C=O) groups excluding carboxylic acids is 1. The lowest BCUT2D eigenvalue weighted by Gasteiger charge is -2.10. The van der Waals surface area contributed by atoms with Crippen molar-refractivity contribution in [2.75, 3.05) is 14.1 Å². The van der Waals surface area contributed by atoms with Crippen LogP contribution in [0.4, 0.5) is 4.79 Å². The van der Waals surface area contributed by atoms with E-state index in [2.05, 4.69) is 4.98 Å². The molecule has 0 bridgehead atoms. The van der Waals surface area contributed by atoms with Crippen molar-refractivity contribution in [2.45, 2.75) is 13.8 Å². The molecule has 2 aromatic rings. The van der Waals surface area contributed by atoms with Gasteiger partial charge in [-0.15, -0.1) is 0 Å². The molecule has 4 heteroatoms. The molecule has 0 aliphatic carbocycles. The highest BCUT2D eigenvalue weighted by atomic mass is 16.2. The van der Waals surface area contributed by atoms with E-state index in [4.69, 9.17) is 0 Å². The molecule has 4 nitrogen and oxygen atoms in total. The van der Waals surface area contributed by atoms with E-state index >= 15 is 0 Å². The van der Waals surface area contributed by atoms with Gasteiger partial charge in [-0.2, -0.15) is 0 Å². The molecule has 0 unspecified atom stereocenters. The van der Waals surface area contributed by atoms with Gasteiger partial charge in [0.05, 0.1) is 11.0 Å². The van der Waals surface area contributed by atoms with Crippen molar-refractivity contribution in [1.29, 1.82) is 0 Å². The number of benzene rings is 1. The van der Waals surface area contributed by atoms with Crippen LogP contribution >= 0.6 is 0 Å². The summed E-state index contributed by atoms with van der Waals surface area (Å²) in [5, 5.41) is 0. The number of rotatable bonds is 0. The van der Waals surface area contributed by atoms with Gasteiger partial charge in [-0.1, -0.05) is 26.0 Å². The molecular weight excluding hydrogens is 202 g/mol. The predicted molar refractivity (Wildman–Crippen MR) is 65.6 cm³/mol. The van der Waals surface area contributed by atoms with Gasteiger partial charge in [-0.3, -0.25) is 4.57 Å². The van der Waals surface area contributed by atoms with E-state index in [1.54, 1.807) is 20.4 Å². The number of amides is 1. The number of aromatic nitrogens is 2. The number of hydrogen-bond acceptors (Lipinski definition) is 2. The number of fused-ring (bicyclic) bond motifs is 1. The summed E-state index contributed by atoms with van der Waals surface area (Å²) in [4.78, 5) is 17.3. The van der Waals surface area contributed by atoms with Crippen molar-refractivity contribution in [3.05, 3.63) is 30.6 Å². The first kappa shape index (κ1) is 12.2. The van der Waals surface area contributed by atoms with Crippen molar-refractivity contribution in [3.63, 3.8) is 0 Å². The quantitative estimate of drug-likeness (QED) is 0.683. The third-order valence-corrected chi connectivity index (χ3v) is 2.04. The van der Waals surface area contributed by atoms with E-state index in [1.807, 2.05) is 38.1 Å². The first-order valence-corrected chi connectivity index (χ1v) is 5.34. The average molecular weight is 219 g/mol. The van der Waals surface area contributed by atoms with E-state index in [-0.39, 0.29) is 6.03 Å². The minimum Gasteiger partial charge on any atom is -0.330 e. The molecule has 0 radical (unpaired) electrons. The van der Waals surface area contributed by atoms with Gasteiger partial charge in [0.1, 0.15) is 6.33 Å². The molecule has 1 aromatic heterocycles. The first-order chi connectivity index (χ1) is 7.70.